The van der Waals surface area contributed by atoms with Crippen molar-refractivity contribution in [2.75, 3.05) is 31.1 Å². The van der Waals surface area contributed by atoms with E-state index in [0.717, 1.165) is 11.6 Å². The summed E-state index contributed by atoms with van der Waals surface area (Å²) in [5.74, 6) is -1.64. The number of anilines is 1. The quantitative estimate of drug-likeness (QED) is 0.806. The second kappa shape index (κ2) is 5.84. The van der Waals surface area contributed by atoms with Crippen LogP contribution in [-0.2, 0) is 0 Å². The molecule has 1 fully saturated rings. The molecule has 1 unspecified atom stereocenters. The second-order valence-corrected chi connectivity index (χ2v) is 6.63. The van der Waals surface area contributed by atoms with Crippen LogP contribution in [0.3, 0.4) is 0 Å². The SMILES string of the molecule is CC1COc2c(N3CC(=CCN)C3)c(F)cc3c(=O)c(C(=O)O)cn1c23. The van der Waals surface area contributed by atoms with Gasteiger partial charge in [0.25, 0.3) is 0 Å². The monoisotopic (exact) mass is 359 g/mol. The highest BCUT2D eigenvalue weighted by molar-refractivity contribution is 5.97. The Bertz CT molecular complexity index is 1020. The Kier molecular flexibility index (Phi) is 3.73. The first-order valence-electron chi connectivity index (χ1n) is 8.32. The minimum absolute atomic E-state index is 0.0194. The molecule has 2 aliphatic heterocycles. The molecule has 0 bridgehead atoms. The second-order valence-electron chi connectivity index (χ2n) is 6.63. The molecule has 4 rings (SSSR count). The van der Waals surface area contributed by atoms with E-state index >= 15 is 0 Å². The highest BCUT2D eigenvalue weighted by Gasteiger charge is 2.32. The lowest BCUT2D eigenvalue weighted by atomic mass is 10.0. The van der Waals surface area contributed by atoms with Crippen LogP contribution in [0, 0.1) is 5.82 Å². The minimum atomic E-state index is -1.33. The molecule has 136 valence electrons. The Balaban J connectivity index is 1.97. The number of carboxylic acid groups (broad SMARTS) is 1. The van der Waals surface area contributed by atoms with Crippen LogP contribution in [0.1, 0.15) is 23.3 Å². The summed E-state index contributed by atoms with van der Waals surface area (Å²) in [4.78, 5) is 25.7. The lowest BCUT2D eigenvalue weighted by molar-refractivity contribution is 0.0694. The number of nitrogens with zero attached hydrogens (tertiary/aromatic N) is 2. The topological polar surface area (TPSA) is 97.8 Å². The van der Waals surface area contributed by atoms with E-state index in [-0.39, 0.29) is 23.6 Å². The summed E-state index contributed by atoms with van der Waals surface area (Å²) >= 11 is 0. The van der Waals surface area contributed by atoms with Gasteiger partial charge in [-0.1, -0.05) is 6.08 Å². The van der Waals surface area contributed by atoms with Crippen molar-refractivity contribution in [3.05, 3.63) is 45.5 Å². The van der Waals surface area contributed by atoms with Crippen molar-refractivity contribution in [2.24, 2.45) is 5.73 Å². The molecular formula is C18H18FN3O4. The van der Waals surface area contributed by atoms with Gasteiger partial charge in [-0.05, 0) is 18.6 Å². The number of aromatic carboxylic acids is 1. The van der Waals surface area contributed by atoms with Gasteiger partial charge in [0.1, 0.15) is 17.9 Å². The van der Waals surface area contributed by atoms with Crippen LogP contribution < -0.4 is 20.8 Å². The first-order chi connectivity index (χ1) is 12.4. The maximum absolute atomic E-state index is 14.9. The van der Waals surface area contributed by atoms with Gasteiger partial charge in [-0.2, -0.15) is 0 Å². The summed E-state index contributed by atoms with van der Waals surface area (Å²) < 4.78 is 22.3. The van der Waals surface area contributed by atoms with Gasteiger partial charge < -0.3 is 25.0 Å². The van der Waals surface area contributed by atoms with E-state index in [1.165, 1.54) is 6.20 Å². The number of aromatic nitrogens is 1. The van der Waals surface area contributed by atoms with E-state index in [1.807, 2.05) is 17.9 Å². The number of pyridine rings is 1. The fraction of sp³-hybridized carbons (Fsp3) is 0.333. The van der Waals surface area contributed by atoms with Crippen molar-refractivity contribution in [3.63, 3.8) is 0 Å². The molecule has 1 aromatic heterocycles. The van der Waals surface area contributed by atoms with Gasteiger partial charge in [0.2, 0.25) is 5.43 Å². The highest BCUT2D eigenvalue weighted by Crippen LogP contribution is 2.43. The lowest BCUT2D eigenvalue weighted by Crippen LogP contribution is -2.41. The normalized spacial score (nSPS) is 18.5. The molecule has 1 atom stereocenters. The number of ether oxygens (including phenoxy) is 1. The van der Waals surface area contributed by atoms with Crippen LogP contribution >= 0.6 is 0 Å². The fourth-order valence-corrected chi connectivity index (χ4v) is 3.56. The van der Waals surface area contributed by atoms with Crippen LogP contribution in [0.5, 0.6) is 5.75 Å². The van der Waals surface area contributed by atoms with Crippen molar-refractivity contribution in [3.8, 4) is 5.75 Å². The molecule has 0 spiro atoms. The standard InChI is InChI=1S/C18H18FN3O4/c1-9-8-26-17-14-11(16(23)12(18(24)25)7-22(9)14)4-13(19)15(17)21-5-10(6-21)2-3-20/h2,4,7,9H,3,5-6,8,20H2,1H3,(H,24,25). The summed E-state index contributed by atoms with van der Waals surface area (Å²) in [6.07, 6.45) is 3.22. The predicted octanol–water partition coefficient (Wildman–Crippen LogP) is 1.50. The maximum atomic E-state index is 14.9. The molecule has 3 heterocycles. The Morgan fingerprint density at radius 2 is 2.23 bits per heavy atom. The molecular weight excluding hydrogens is 341 g/mol. The zero-order valence-electron chi connectivity index (χ0n) is 14.2. The summed E-state index contributed by atoms with van der Waals surface area (Å²) in [6, 6.07) is 0.942. The molecule has 0 aliphatic carbocycles. The fourth-order valence-electron chi connectivity index (χ4n) is 3.56. The molecule has 0 amide bonds. The summed E-state index contributed by atoms with van der Waals surface area (Å²) in [7, 11) is 0. The smallest absolute Gasteiger partial charge is 0.341 e. The summed E-state index contributed by atoms with van der Waals surface area (Å²) in [6.45, 7) is 3.64. The van der Waals surface area contributed by atoms with Crippen molar-refractivity contribution in [1.29, 1.82) is 0 Å². The third kappa shape index (κ3) is 2.29. The number of carbonyl (C=O) groups is 1. The third-order valence-electron chi connectivity index (χ3n) is 4.88. The predicted molar refractivity (Wildman–Crippen MR) is 94.7 cm³/mol. The molecule has 7 nitrogen and oxygen atoms in total. The van der Waals surface area contributed by atoms with Crippen molar-refractivity contribution < 1.29 is 19.0 Å². The van der Waals surface area contributed by atoms with Gasteiger partial charge in [-0.15, -0.1) is 0 Å². The average Bonchev–Trinajstić information content (AvgIpc) is 2.56. The van der Waals surface area contributed by atoms with E-state index in [1.54, 1.807) is 4.57 Å². The van der Waals surface area contributed by atoms with Gasteiger partial charge in [0.15, 0.2) is 11.6 Å². The first-order valence-corrected chi connectivity index (χ1v) is 8.32. The molecule has 0 saturated carbocycles. The van der Waals surface area contributed by atoms with E-state index < -0.39 is 17.2 Å². The Hall–Kier alpha value is -2.87. The molecule has 1 aromatic carbocycles. The number of halogens is 1. The third-order valence-corrected chi connectivity index (χ3v) is 4.88. The molecule has 8 heteroatoms. The Morgan fingerprint density at radius 3 is 2.88 bits per heavy atom. The lowest BCUT2D eigenvalue weighted by Gasteiger charge is -2.39. The number of carboxylic acids is 1. The van der Waals surface area contributed by atoms with Crippen LogP contribution in [0.25, 0.3) is 10.9 Å². The number of nitrogens with two attached hydrogens (primary N) is 1. The Morgan fingerprint density at radius 1 is 1.50 bits per heavy atom. The van der Waals surface area contributed by atoms with Crippen LogP contribution in [0.4, 0.5) is 10.1 Å². The Labute approximate surface area is 148 Å². The summed E-state index contributed by atoms with van der Waals surface area (Å²) in [5.41, 5.74) is 6.27. The van der Waals surface area contributed by atoms with Gasteiger partial charge in [0, 0.05) is 25.8 Å². The summed E-state index contributed by atoms with van der Waals surface area (Å²) in [5, 5.41) is 9.31. The number of hydrogen-bond donors (Lipinski definition) is 2. The molecule has 3 N–H and O–H groups in total. The van der Waals surface area contributed by atoms with Gasteiger partial charge in [-0.25, -0.2) is 9.18 Å². The first kappa shape index (κ1) is 16.6. The maximum Gasteiger partial charge on any atom is 0.341 e. The van der Waals surface area contributed by atoms with Crippen LogP contribution in [-0.4, -0.2) is 41.9 Å². The zero-order valence-corrected chi connectivity index (χ0v) is 14.2. The molecule has 1 saturated heterocycles. The number of benzene rings is 1. The van der Waals surface area contributed by atoms with Crippen LogP contribution in [0.2, 0.25) is 0 Å². The van der Waals surface area contributed by atoms with Crippen LogP contribution in [0.15, 0.2) is 28.7 Å². The molecule has 2 aromatic rings. The molecule has 26 heavy (non-hydrogen) atoms. The van der Waals surface area contributed by atoms with Gasteiger partial charge in [-0.3, -0.25) is 4.79 Å². The van der Waals surface area contributed by atoms with E-state index in [4.69, 9.17) is 10.5 Å². The minimum Gasteiger partial charge on any atom is -0.487 e. The van der Waals surface area contributed by atoms with Crippen molar-refractivity contribution >= 4 is 22.6 Å². The van der Waals surface area contributed by atoms with Gasteiger partial charge >= 0.3 is 5.97 Å². The average molecular weight is 359 g/mol. The number of rotatable bonds is 3. The highest BCUT2D eigenvalue weighted by atomic mass is 19.1. The van der Waals surface area contributed by atoms with E-state index in [9.17, 15) is 19.1 Å². The molecule has 2 aliphatic rings. The van der Waals surface area contributed by atoms with Crippen molar-refractivity contribution in [2.45, 2.75) is 13.0 Å². The largest absolute Gasteiger partial charge is 0.487 e. The number of hydrogen-bond acceptors (Lipinski definition) is 5. The van der Waals surface area contributed by atoms with E-state index in [2.05, 4.69) is 0 Å². The van der Waals surface area contributed by atoms with Gasteiger partial charge in [0.05, 0.1) is 16.9 Å². The zero-order chi connectivity index (χ0) is 18.6. The van der Waals surface area contributed by atoms with Crippen molar-refractivity contribution in [1.82, 2.24) is 4.57 Å². The van der Waals surface area contributed by atoms with E-state index in [0.29, 0.717) is 36.6 Å². The molecule has 0 radical (unpaired) electrons.